The smallest absolute Gasteiger partial charge is 0.243 e. The van der Waals surface area contributed by atoms with E-state index < -0.39 is 0 Å². The minimum Gasteiger partial charge on any atom is -0.494 e. The molecular weight excluding hydrogens is 454 g/mol. The van der Waals surface area contributed by atoms with Crippen molar-refractivity contribution in [3.8, 4) is 17.4 Å². The van der Waals surface area contributed by atoms with Crippen LogP contribution in [0.1, 0.15) is 32.6 Å². The number of benzene rings is 2. The normalized spacial score (nSPS) is 13.3. The molecular formula is C25H28ClN5O3. The molecule has 2 heterocycles. The average Bonchev–Trinajstić information content (AvgIpc) is 2.87. The predicted molar refractivity (Wildman–Crippen MR) is 135 cm³/mol. The molecule has 0 atom stereocenters. The van der Waals surface area contributed by atoms with Gasteiger partial charge < -0.3 is 25.0 Å². The van der Waals surface area contributed by atoms with E-state index in [1.807, 2.05) is 12.1 Å². The lowest BCUT2D eigenvalue weighted by molar-refractivity contribution is -0.115. The lowest BCUT2D eigenvalue weighted by atomic mass is 10.1. The second-order valence-corrected chi connectivity index (χ2v) is 8.34. The molecule has 34 heavy (non-hydrogen) atoms. The third-order valence-electron chi connectivity index (χ3n) is 5.52. The fourth-order valence-electron chi connectivity index (χ4n) is 3.73. The first kappa shape index (κ1) is 23.6. The number of anilines is 4. The number of piperidine rings is 1. The van der Waals surface area contributed by atoms with E-state index in [4.69, 9.17) is 21.1 Å². The number of aromatic nitrogens is 2. The summed E-state index contributed by atoms with van der Waals surface area (Å²) in [5.74, 6) is 1.62. The van der Waals surface area contributed by atoms with Crippen LogP contribution in [0.4, 0.5) is 23.0 Å². The van der Waals surface area contributed by atoms with Crippen LogP contribution in [0.2, 0.25) is 5.02 Å². The predicted octanol–water partition coefficient (Wildman–Crippen LogP) is 6.01. The Morgan fingerprint density at radius 1 is 1.15 bits per heavy atom. The molecule has 1 aliphatic heterocycles. The van der Waals surface area contributed by atoms with Crippen LogP contribution in [0.25, 0.3) is 0 Å². The van der Waals surface area contributed by atoms with Gasteiger partial charge in [0.2, 0.25) is 17.7 Å². The molecule has 0 saturated carbocycles. The van der Waals surface area contributed by atoms with Crippen LogP contribution in [-0.2, 0) is 4.79 Å². The van der Waals surface area contributed by atoms with Gasteiger partial charge in [-0.1, -0.05) is 24.6 Å². The van der Waals surface area contributed by atoms with Crippen molar-refractivity contribution in [1.82, 2.24) is 9.97 Å². The highest BCUT2D eigenvalue weighted by atomic mass is 35.5. The monoisotopic (exact) mass is 481 g/mol. The van der Waals surface area contributed by atoms with Gasteiger partial charge in [0.25, 0.3) is 0 Å². The highest BCUT2D eigenvalue weighted by Gasteiger charge is 2.15. The number of nitrogens with zero attached hydrogens (tertiary/aromatic N) is 3. The van der Waals surface area contributed by atoms with Gasteiger partial charge in [-0.05, 0) is 43.5 Å². The van der Waals surface area contributed by atoms with Crippen LogP contribution >= 0.6 is 11.6 Å². The van der Waals surface area contributed by atoms with Crippen LogP contribution in [0.3, 0.4) is 0 Å². The van der Waals surface area contributed by atoms with Gasteiger partial charge in [-0.2, -0.15) is 4.98 Å². The summed E-state index contributed by atoms with van der Waals surface area (Å²) < 4.78 is 11.5. The molecule has 3 aromatic rings. The number of hydrogen-bond acceptors (Lipinski definition) is 7. The molecule has 2 N–H and O–H groups in total. The van der Waals surface area contributed by atoms with Crippen molar-refractivity contribution in [3.05, 3.63) is 53.7 Å². The molecule has 1 aromatic heterocycles. The van der Waals surface area contributed by atoms with E-state index >= 15 is 0 Å². The van der Waals surface area contributed by atoms with Crippen LogP contribution in [-0.4, -0.2) is 36.1 Å². The zero-order chi connectivity index (χ0) is 23.9. The third-order valence-corrected chi connectivity index (χ3v) is 5.78. The molecule has 2 aromatic carbocycles. The summed E-state index contributed by atoms with van der Waals surface area (Å²) in [6, 6.07) is 13.1. The number of nitrogens with one attached hydrogen (secondary N) is 2. The van der Waals surface area contributed by atoms with Crippen molar-refractivity contribution >= 4 is 40.5 Å². The molecule has 0 aliphatic carbocycles. The van der Waals surface area contributed by atoms with Gasteiger partial charge >= 0.3 is 0 Å². The molecule has 1 aliphatic rings. The van der Waals surface area contributed by atoms with Crippen molar-refractivity contribution in [1.29, 1.82) is 0 Å². The zero-order valence-corrected chi connectivity index (χ0v) is 20.1. The van der Waals surface area contributed by atoms with E-state index in [-0.39, 0.29) is 16.8 Å². The summed E-state index contributed by atoms with van der Waals surface area (Å²) in [6.07, 6.45) is 5.56. The lowest BCUT2D eigenvalue weighted by Gasteiger charge is -2.29. The summed E-state index contributed by atoms with van der Waals surface area (Å²) in [5, 5.41) is 6.26. The summed E-state index contributed by atoms with van der Waals surface area (Å²) in [7, 11) is 1.64. The Hall–Kier alpha value is -3.52. The van der Waals surface area contributed by atoms with Gasteiger partial charge in [0, 0.05) is 43.0 Å². The number of amides is 1. The Bertz CT molecular complexity index is 1150. The molecule has 0 spiro atoms. The summed E-state index contributed by atoms with van der Waals surface area (Å²) >= 11 is 6.28. The summed E-state index contributed by atoms with van der Waals surface area (Å²) in [4.78, 5) is 22.7. The van der Waals surface area contributed by atoms with E-state index in [1.54, 1.807) is 38.3 Å². The Labute approximate surface area is 204 Å². The fourth-order valence-corrected chi connectivity index (χ4v) is 3.86. The second kappa shape index (κ2) is 11.1. The number of carbonyl (C=O) groups excluding carboxylic acids is 1. The maximum absolute atomic E-state index is 11.7. The summed E-state index contributed by atoms with van der Waals surface area (Å²) in [6.45, 7) is 3.90. The van der Waals surface area contributed by atoms with Crippen molar-refractivity contribution in [2.24, 2.45) is 0 Å². The standard InChI is InChI=1S/C25H28ClN5O3/c1-3-23(32)28-17-8-7-9-19(14-17)34-24-20(26)16-27-25(30-24)29-21-11-10-18(15-22(21)33-2)31-12-5-4-6-13-31/h7-11,14-16H,3-6,12-13H2,1-2H3,(H,28,32)(H,27,29,30). The van der Waals surface area contributed by atoms with Crippen molar-refractivity contribution in [2.45, 2.75) is 32.6 Å². The van der Waals surface area contributed by atoms with E-state index in [9.17, 15) is 4.79 Å². The lowest BCUT2D eigenvalue weighted by Crippen LogP contribution is -2.29. The molecule has 0 radical (unpaired) electrons. The van der Waals surface area contributed by atoms with E-state index in [1.165, 1.54) is 25.5 Å². The van der Waals surface area contributed by atoms with E-state index in [0.29, 0.717) is 29.6 Å². The topological polar surface area (TPSA) is 88.6 Å². The largest absolute Gasteiger partial charge is 0.494 e. The van der Waals surface area contributed by atoms with Gasteiger partial charge in [-0.25, -0.2) is 4.98 Å². The number of methoxy groups -OCH3 is 1. The molecule has 1 saturated heterocycles. The second-order valence-electron chi connectivity index (χ2n) is 7.94. The minimum atomic E-state index is -0.0797. The van der Waals surface area contributed by atoms with Crippen molar-refractivity contribution < 1.29 is 14.3 Å². The van der Waals surface area contributed by atoms with Crippen LogP contribution < -0.4 is 25.0 Å². The van der Waals surface area contributed by atoms with Gasteiger partial charge in [-0.15, -0.1) is 0 Å². The SMILES string of the molecule is CCC(=O)Nc1cccc(Oc2nc(Nc3ccc(N4CCCCC4)cc3OC)ncc2Cl)c1. The van der Waals surface area contributed by atoms with E-state index in [0.717, 1.165) is 24.5 Å². The third kappa shape index (κ3) is 5.88. The minimum absolute atomic E-state index is 0.0797. The van der Waals surface area contributed by atoms with Crippen LogP contribution in [0, 0.1) is 0 Å². The quantitative estimate of drug-likeness (QED) is 0.407. The number of halogens is 1. The molecule has 4 rings (SSSR count). The molecule has 0 unspecified atom stereocenters. The Kier molecular flexibility index (Phi) is 7.69. The van der Waals surface area contributed by atoms with Crippen LogP contribution in [0.15, 0.2) is 48.7 Å². The molecule has 178 valence electrons. The summed E-state index contributed by atoms with van der Waals surface area (Å²) in [5.41, 5.74) is 2.51. The highest BCUT2D eigenvalue weighted by Crippen LogP contribution is 2.34. The van der Waals surface area contributed by atoms with Gasteiger partial charge in [0.15, 0.2) is 0 Å². The van der Waals surface area contributed by atoms with Gasteiger partial charge in [-0.3, -0.25) is 4.79 Å². The fraction of sp³-hybridized carbons (Fsp3) is 0.320. The highest BCUT2D eigenvalue weighted by molar-refractivity contribution is 6.31. The van der Waals surface area contributed by atoms with Crippen LogP contribution in [0.5, 0.6) is 17.4 Å². The van der Waals surface area contributed by atoms with E-state index in [2.05, 4.69) is 31.6 Å². The first-order chi connectivity index (χ1) is 16.6. The first-order valence-electron chi connectivity index (χ1n) is 11.4. The molecule has 9 heteroatoms. The molecule has 1 fully saturated rings. The number of ether oxygens (including phenoxy) is 2. The first-order valence-corrected chi connectivity index (χ1v) is 11.7. The van der Waals surface area contributed by atoms with Crippen molar-refractivity contribution in [3.63, 3.8) is 0 Å². The average molecular weight is 482 g/mol. The molecule has 1 amide bonds. The van der Waals surface area contributed by atoms with Crippen molar-refractivity contribution in [2.75, 3.05) is 35.7 Å². The molecule has 0 bridgehead atoms. The number of carbonyl (C=O) groups is 1. The Morgan fingerprint density at radius 3 is 2.74 bits per heavy atom. The maximum Gasteiger partial charge on any atom is 0.243 e. The Balaban J connectivity index is 1.51. The number of rotatable bonds is 8. The van der Waals surface area contributed by atoms with Gasteiger partial charge in [0.1, 0.15) is 16.5 Å². The maximum atomic E-state index is 11.7. The Morgan fingerprint density at radius 2 is 1.97 bits per heavy atom. The molecule has 8 nitrogen and oxygen atoms in total. The zero-order valence-electron chi connectivity index (χ0n) is 19.3. The number of hydrogen-bond donors (Lipinski definition) is 2. The van der Waals surface area contributed by atoms with Gasteiger partial charge in [0.05, 0.1) is 19.0 Å².